The largest absolute Gasteiger partial charge is 0.465 e. The lowest BCUT2D eigenvalue weighted by atomic mass is 10.0. The van der Waals surface area contributed by atoms with Crippen molar-refractivity contribution in [2.75, 3.05) is 32.7 Å². The number of fused-ring (bicyclic) bond motifs is 1. The molecule has 5 rings (SSSR count). The molecule has 206 valence electrons. The summed E-state index contributed by atoms with van der Waals surface area (Å²) in [5, 5.41) is 11.9. The quantitative estimate of drug-likeness (QED) is 0.402. The van der Waals surface area contributed by atoms with Crippen LogP contribution in [0.15, 0.2) is 48.5 Å². The summed E-state index contributed by atoms with van der Waals surface area (Å²) in [6, 6.07) is 13.6. The molecule has 3 atom stereocenters. The van der Waals surface area contributed by atoms with Gasteiger partial charge in [0, 0.05) is 32.7 Å². The predicted molar refractivity (Wildman–Crippen MR) is 148 cm³/mol. The van der Waals surface area contributed by atoms with E-state index < -0.39 is 11.9 Å². The monoisotopic (exact) mass is 543 g/mol. The minimum atomic E-state index is -1.03. The molecular weight excluding hydrogens is 505 g/mol. The van der Waals surface area contributed by atoms with Gasteiger partial charge in [-0.15, -0.1) is 0 Å². The SMILES string of the molecule is C1CCCCCC1.O=C(O)NC(CCN1CC2CN(C(=O)c3c(F)cccc3Cl)C[C@@H]2C1)c1ccccc1. The maximum absolute atomic E-state index is 14.1. The molecule has 2 aromatic carbocycles. The Labute approximate surface area is 230 Å². The second-order valence-electron chi connectivity index (χ2n) is 10.8. The first-order chi connectivity index (χ1) is 18.4. The third-order valence-corrected chi connectivity index (χ3v) is 8.32. The van der Waals surface area contributed by atoms with Crippen LogP contribution >= 0.6 is 11.6 Å². The van der Waals surface area contributed by atoms with E-state index >= 15 is 0 Å². The Bertz CT molecular complexity index is 1020. The first-order valence-corrected chi connectivity index (χ1v) is 14.3. The van der Waals surface area contributed by atoms with E-state index in [1.54, 1.807) is 4.90 Å². The molecule has 2 aliphatic heterocycles. The number of carbonyl (C=O) groups is 2. The molecule has 2 N–H and O–H groups in total. The van der Waals surface area contributed by atoms with Gasteiger partial charge in [-0.1, -0.05) is 92.9 Å². The van der Waals surface area contributed by atoms with E-state index in [1.807, 2.05) is 30.3 Å². The predicted octanol–water partition coefficient (Wildman–Crippen LogP) is 6.61. The Morgan fingerprint density at radius 2 is 1.47 bits per heavy atom. The molecule has 0 spiro atoms. The van der Waals surface area contributed by atoms with Gasteiger partial charge in [0.2, 0.25) is 0 Å². The molecule has 3 aliphatic rings. The average molecular weight is 544 g/mol. The molecular formula is C30H39ClFN3O3. The summed E-state index contributed by atoms with van der Waals surface area (Å²) >= 11 is 6.06. The number of benzene rings is 2. The van der Waals surface area contributed by atoms with Crippen LogP contribution in [0.5, 0.6) is 0 Å². The van der Waals surface area contributed by atoms with Crippen molar-refractivity contribution in [3.05, 3.63) is 70.5 Å². The zero-order valence-electron chi connectivity index (χ0n) is 22.0. The molecule has 2 amide bonds. The first kappa shape index (κ1) is 28.4. The number of rotatable bonds is 6. The highest BCUT2D eigenvalue weighted by molar-refractivity contribution is 6.33. The van der Waals surface area contributed by atoms with Gasteiger partial charge in [0.05, 0.1) is 16.6 Å². The Hall–Kier alpha value is -2.64. The third-order valence-electron chi connectivity index (χ3n) is 8.01. The fourth-order valence-electron chi connectivity index (χ4n) is 6.00. The van der Waals surface area contributed by atoms with Crippen molar-refractivity contribution in [3.63, 3.8) is 0 Å². The van der Waals surface area contributed by atoms with Crippen LogP contribution in [0.25, 0.3) is 0 Å². The fourth-order valence-corrected chi connectivity index (χ4v) is 6.25. The van der Waals surface area contributed by atoms with Gasteiger partial charge in [0.25, 0.3) is 5.91 Å². The maximum atomic E-state index is 14.1. The number of halogens is 2. The van der Waals surface area contributed by atoms with Crippen molar-refractivity contribution in [1.29, 1.82) is 0 Å². The summed E-state index contributed by atoms with van der Waals surface area (Å²) in [5.41, 5.74) is 0.897. The van der Waals surface area contributed by atoms with E-state index in [1.165, 1.54) is 63.1 Å². The summed E-state index contributed by atoms with van der Waals surface area (Å²) in [6.45, 7) is 3.61. The highest BCUT2D eigenvalue weighted by atomic mass is 35.5. The number of carboxylic acid groups (broad SMARTS) is 1. The summed E-state index contributed by atoms with van der Waals surface area (Å²) in [7, 11) is 0. The molecule has 8 heteroatoms. The number of likely N-dealkylation sites (tertiary alicyclic amines) is 2. The molecule has 0 bridgehead atoms. The molecule has 6 nitrogen and oxygen atoms in total. The molecule has 1 saturated carbocycles. The van der Waals surface area contributed by atoms with Crippen molar-refractivity contribution < 1.29 is 19.1 Å². The van der Waals surface area contributed by atoms with Gasteiger partial charge in [0.1, 0.15) is 5.82 Å². The van der Waals surface area contributed by atoms with Gasteiger partial charge in [-0.25, -0.2) is 9.18 Å². The van der Waals surface area contributed by atoms with Crippen LogP contribution in [0, 0.1) is 17.7 Å². The summed E-state index contributed by atoms with van der Waals surface area (Å²) in [4.78, 5) is 28.0. The summed E-state index contributed by atoms with van der Waals surface area (Å²) in [5.74, 6) is -0.276. The molecule has 2 unspecified atom stereocenters. The van der Waals surface area contributed by atoms with Gasteiger partial charge >= 0.3 is 6.09 Å². The van der Waals surface area contributed by atoms with Gasteiger partial charge in [-0.2, -0.15) is 0 Å². The average Bonchev–Trinajstić information content (AvgIpc) is 3.32. The fraction of sp³-hybridized carbons (Fsp3) is 0.533. The minimum Gasteiger partial charge on any atom is -0.465 e. The van der Waals surface area contributed by atoms with Gasteiger partial charge in [0.15, 0.2) is 0 Å². The van der Waals surface area contributed by atoms with Crippen LogP contribution in [0.4, 0.5) is 9.18 Å². The van der Waals surface area contributed by atoms with E-state index in [9.17, 15) is 19.1 Å². The van der Waals surface area contributed by atoms with Crippen molar-refractivity contribution >= 4 is 23.6 Å². The topological polar surface area (TPSA) is 72.9 Å². The lowest BCUT2D eigenvalue weighted by Gasteiger charge is -2.24. The number of nitrogens with one attached hydrogen (secondary N) is 1. The van der Waals surface area contributed by atoms with Crippen LogP contribution < -0.4 is 5.32 Å². The number of amides is 2. The smallest absolute Gasteiger partial charge is 0.405 e. The lowest BCUT2D eigenvalue weighted by molar-refractivity contribution is 0.0769. The van der Waals surface area contributed by atoms with Crippen molar-refractivity contribution in [2.24, 2.45) is 11.8 Å². The van der Waals surface area contributed by atoms with Crippen LogP contribution in [0.1, 0.15) is 73.3 Å². The van der Waals surface area contributed by atoms with E-state index in [0.29, 0.717) is 31.3 Å². The van der Waals surface area contributed by atoms with E-state index in [0.717, 1.165) is 25.2 Å². The van der Waals surface area contributed by atoms with Crippen LogP contribution in [0.3, 0.4) is 0 Å². The molecule has 38 heavy (non-hydrogen) atoms. The van der Waals surface area contributed by atoms with E-state index in [-0.39, 0.29) is 22.5 Å². The zero-order chi connectivity index (χ0) is 26.9. The molecule has 2 saturated heterocycles. The maximum Gasteiger partial charge on any atom is 0.405 e. The first-order valence-electron chi connectivity index (χ1n) is 13.9. The molecule has 2 aromatic rings. The van der Waals surface area contributed by atoms with Gasteiger partial charge in [-0.3, -0.25) is 4.79 Å². The molecule has 0 aromatic heterocycles. The lowest BCUT2D eigenvalue weighted by Crippen LogP contribution is -2.35. The Morgan fingerprint density at radius 3 is 2.00 bits per heavy atom. The van der Waals surface area contributed by atoms with Crippen molar-refractivity contribution in [3.8, 4) is 0 Å². The zero-order valence-corrected chi connectivity index (χ0v) is 22.7. The number of carbonyl (C=O) groups excluding carboxylic acids is 1. The van der Waals surface area contributed by atoms with Gasteiger partial charge < -0.3 is 20.2 Å². The molecule has 1 aliphatic carbocycles. The number of nitrogens with zero attached hydrogens (tertiary/aromatic N) is 2. The molecule has 3 fully saturated rings. The van der Waals surface area contributed by atoms with Crippen LogP contribution in [-0.2, 0) is 0 Å². The Balaban J connectivity index is 0.000000417. The Kier molecular flexibility index (Phi) is 10.4. The van der Waals surface area contributed by atoms with E-state index in [4.69, 9.17) is 11.6 Å². The normalized spacial score (nSPS) is 22.1. The summed E-state index contributed by atoms with van der Waals surface area (Å²) < 4.78 is 14.1. The highest BCUT2D eigenvalue weighted by Gasteiger charge is 2.42. The standard InChI is InChI=1S/C23H25ClFN3O3.C7H14/c24-18-7-4-8-19(25)21(18)22(29)28-13-16-11-27(12-17(16)14-28)10-9-20(26-23(30)31)15-5-2-1-3-6-15;1-2-4-6-7-5-3-1/h1-8,16-17,20,26H,9-14H2,(H,30,31);1-7H2/t16-,17?,20?;/m0./s1. The molecule has 0 radical (unpaired) electrons. The second kappa shape index (κ2) is 13.9. The van der Waals surface area contributed by atoms with Crippen LogP contribution in [0.2, 0.25) is 5.02 Å². The number of hydrogen-bond donors (Lipinski definition) is 2. The second-order valence-corrected chi connectivity index (χ2v) is 11.2. The molecule has 2 heterocycles. The van der Waals surface area contributed by atoms with Crippen molar-refractivity contribution in [2.45, 2.75) is 57.4 Å². The van der Waals surface area contributed by atoms with Gasteiger partial charge in [-0.05, 0) is 36.0 Å². The minimum absolute atomic E-state index is 0.0496. The van der Waals surface area contributed by atoms with Crippen molar-refractivity contribution in [1.82, 2.24) is 15.1 Å². The Morgan fingerprint density at radius 1 is 0.895 bits per heavy atom. The third kappa shape index (κ3) is 7.70. The van der Waals surface area contributed by atoms with Crippen LogP contribution in [-0.4, -0.2) is 59.6 Å². The van der Waals surface area contributed by atoms with E-state index in [2.05, 4.69) is 10.2 Å². The highest BCUT2D eigenvalue weighted by Crippen LogP contribution is 2.33. The number of hydrogen-bond acceptors (Lipinski definition) is 3. The summed E-state index contributed by atoms with van der Waals surface area (Å²) in [6.07, 6.45) is 10.1.